The summed E-state index contributed by atoms with van der Waals surface area (Å²) in [6.45, 7) is 0. The fraction of sp³-hybridized carbons (Fsp3) is 0.833. The fourth-order valence-electron chi connectivity index (χ4n) is 1.64. The molecular formula is C6H12ClN5. The summed E-state index contributed by atoms with van der Waals surface area (Å²) in [5.74, 6) is 1.10. The molecule has 1 aromatic rings. The minimum atomic E-state index is 0. The van der Waals surface area contributed by atoms with Gasteiger partial charge in [-0.15, -0.1) is 22.6 Å². The molecule has 1 aliphatic carbocycles. The van der Waals surface area contributed by atoms with E-state index in [0.717, 1.165) is 18.7 Å². The second-order valence-corrected chi connectivity index (χ2v) is 2.97. The zero-order chi connectivity index (χ0) is 7.68. The summed E-state index contributed by atoms with van der Waals surface area (Å²) in [5, 5.41) is 13.8. The van der Waals surface area contributed by atoms with Crippen molar-refractivity contribution in [2.24, 2.45) is 5.73 Å². The molecule has 1 aromatic heterocycles. The van der Waals surface area contributed by atoms with Crippen LogP contribution in [-0.4, -0.2) is 26.7 Å². The molecule has 0 aromatic carbocycles. The van der Waals surface area contributed by atoms with Crippen LogP contribution in [-0.2, 0) is 0 Å². The van der Waals surface area contributed by atoms with Crippen LogP contribution >= 0.6 is 12.4 Å². The lowest BCUT2D eigenvalue weighted by atomic mass is 10.0. The van der Waals surface area contributed by atoms with Crippen LogP contribution in [0.3, 0.4) is 0 Å². The van der Waals surface area contributed by atoms with Crippen molar-refractivity contribution in [2.75, 3.05) is 0 Å². The minimum absolute atomic E-state index is 0. The van der Waals surface area contributed by atoms with E-state index in [4.69, 9.17) is 5.73 Å². The van der Waals surface area contributed by atoms with E-state index in [0.29, 0.717) is 5.92 Å². The van der Waals surface area contributed by atoms with E-state index in [9.17, 15) is 0 Å². The first-order chi connectivity index (χ1) is 5.38. The molecule has 0 unspecified atom stereocenters. The highest BCUT2D eigenvalue weighted by Crippen LogP contribution is 2.30. The molecule has 12 heavy (non-hydrogen) atoms. The number of nitrogens with zero attached hydrogens (tertiary/aromatic N) is 3. The molecule has 2 atom stereocenters. The summed E-state index contributed by atoms with van der Waals surface area (Å²) in [6.07, 6.45) is 3.36. The van der Waals surface area contributed by atoms with Gasteiger partial charge in [-0.05, 0) is 12.8 Å². The van der Waals surface area contributed by atoms with E-state index in [1.165, 1.54) is 6.42 Å². The number of halogens is 1. The summed E-state index contributed by atoms with van der Waals surface area (Å²) in [4.78, 5) is 0. The number of H-pyrrole nitrogens is 1. The summed E-state index contributed by atoms with van der Waals surface area (Å²) in [7, 11) is 0. The van der Waals surface area contributed by atoms with Gasteiger partial charge in [-0.1, -0.05) is 11.6 Å². The van der Waals surface area contributed by atoms with Crippen LogP contribution in [0.1, 0.15) is 31.0 Å². The molecule has 3 N–H and O–H groups in total. The summed E-state index contributed by atoms with van der Waals surface area (Å²) in [5.41, 5.74) is 5.85. The lowest BCUT2D eigenvalue weighted by Crippen LogP contribution is -2.23. The first-order valence-electron chi connectivity index (χ1n) is 3.87. The smallest absolute Gasteiger partial charge is 0.179 e. The van der Waals surface area contributed by atoms with E-state index in [1.807, 2.05) is 0 Å². The number of tetrazole rings is 1. The number of rotatable bonds is 1. The Kier molecular flexibility index (Phi) is 2.99. The van der Waals surface area contributed by atoms with Crippen LogP contribution in [0, 0.1) is 0 Å². The van der Waals surface area contributed by atoms with Crippen LogP contribution in [0.5, 0.6) is 0 Å². The molecule has 0 radical (unpaired) electrons. The molecule has 68 valence electrons. The maximum absolute atomic E-state index is 5.85. The summed E-state index contributed by atoms with van der Waals surface area (Å²) < 4.78 is 0. The zero-order valence-electron chi connectivity index (χ0n) is 6.60. The van der Waals surface area contributed by atoms with Crippen molar-refractivity contribution < 1.29 is 0 Å². The van der Waals surface area contributed by atoms with Crippen LogP contribution in [0.4, 0.5) is 0 Å². The second kappa shape index (κ2) is 3.82. The van der Waals surface area contributed by atoms with Gasteiger partial charge in [0.25, 0.3) is 0 Å². The van der Waals surface area contributed by atoms with Gasteiger partial charge < -0.3 is 5.73 Å². The first kappa shape index (κ1) is 9.41. The second-order valence-electron chi connectivity index (χ2n) is 2.97. The van der Waals surface area contributed by atoms with Gasteiger partial charge in [0.1, 0.15) is 0 Å². The highest BCUT2D eigenvalue weighted by Gasteiger charge is 2.28. The molecule has 1 saturated carbocycles. The molecule has 2 rings (SSSR count). The van der Waals surface area contributed by atoms with Crippen LogP contribution in [0.2, 0.25) is 0 Å². The summed E-state index contributed by atoms with van der Waals surface area (Å²) >= 11 is 0. The molecule has 1 heterocycles. The van der Waals surface area contributed by atoms with Crippen molar-refractivity contribution in [3.8, 4) is 0 Å². The standard InChI is InChI=1S/C6H11N5.ClH/c7-5-3-1-2-4(5)6-8-10-11-9-6;/h4-5H,1-3,7H2,(H,8,9,10,11);1H/t4-,5+;/m1./s1. The first-order valence-corrected chi connectivity index (χ1v) is 3.87. The number of aromatic nitrogens is 4. The largest absolute Gasteiger partial charge is 0.327 e. The molecule has 0 amide bonds. The third-order valence-electron chi connectivity index (χ3n) is 2.26. The average Bonchev–Trinajstić information content (AvgIpc) is 2.55. The van der Waals surface area contributed by atoms with Gasteiger partial charge in [0.2, 0.25) is 0 Å². The van der Waals surface area contributed by atoms with Crippen molar-refractivity contribution in [3.05, 3.63) is 5.82 Å². The number of aromatic amines is 1. The Bertz CT molecular complexity index is 224. The van der Waals surface area contributed by atoms with Gasteiger partial charge in [-0.3, -0.25) is 0 Å². The molecule has 1 fully saturated rings. The van der Waals surface area contributed by atoms with Gasteiger partial charge in [-0.25, -0.2) is 0 Å². The fourth-order valence-corrected chi connectivity index (χ4v) is 1.64. The molecule has 1 aliphatic rings. The van der Waals surface area contributed by atoms with Gasteiger partial charge >= 0.3 is 0 Å². The predicted octanol–water partition coefficient (Wildman–Crippen LogP) is 0.216. The Balaban J connectivity index is 0.000000720. The SMILES string of the molecule is Cl.N[C@H]1CCC[C@H]1c1nn[nH]n1. The maximum Gasteiger partial charge on any atom is 0.179 e. The Morgan fingerprint density at radius 2 is 2.25 bits per heavy atom. The van der Waals surface area contributed by atoms with E-state index < -0.39 is 0 Å². The molecule has 0 bridgehead atoms. The molecular weight excluding hydrogens is 178 g/mol. The van der Waals surface area contributed by atoms with Gasteiger partial charge in [0, 0.05) is 12.0 Å². The van der Waals surface area contributed by atoms with Crippen LogP contribution in [0.15, 0.2) is 0 Å². The minimum Gasteiger partial charge on any atom is -0.327 e. The lowest BCUT2D eigenvalue weighted by molar-refractivity contribution is 0.582. The van der Waals surface area contributed by atoms with E-state index in [-0.39, 0.29) is 18.4 Å². The number of nitrogens with two attached hydrogens (primary N) is 1. The predicted molar refractivity (Wildman–Crippen MR) is 46.0 cm³/mol. The van der Waals surface area contributed by atoms with Crippen molar-refractivity contribution >= 4 is 12.4 Å². The Morgan fingerprint density at radius 1 is 1.42 bits per heavy atom. The number of hydrogen-bond donors (Lipinski definition) is 2. The van der Waals surface area contributed by atoms with E-state index in [1.54, 1.807) is 0 Å². The summed E-state index contributed by atoms with van der Waals surface area (Å²) in [6, 6.07) is 0.229. The van der Waals surface area contributed by atoms with Gasteiger partial charge in [0.05, 0.1) is 0 Å². The monoisotopic (exact) mass is 189 g/mol. The Hall–Kier alpha value is -0.680. The average molecular weight is 190 g/mol. The van der Waals surface area contributed by atoms with Crippen LogP contribution < -0.4 is 5.73 Å². The normalized spacial score (nSPS) is 28.4. The lowest BCUT2D eigenvalue weighted by Gasteiger charge is -2.08. The topological polar surface area (TPSA) is 80.5 Å². The molecule has 6 heteroatoms. The highest BCUT2D eigenvalue weighted by atomic mass is 35.5. The van der Waals surface area contributed by atoms with Crippen molar-refractivity contribution in [1.29, 1.82) is 0 Å². The van der Waals surface area contributed by atoms with E-state index in [2.05, 4.69) is 20.6 Å². The zero-order valence-corrected chi connectivity index (χ0v) is 7.42. The van der Waals surface area contributed by atoms with Gasteiger partial charge in [-0.2, -0.15) is 5.21 Å². The molecule has 0 aliphatic heterocycles. The molecule has 0 spiro atoms. The number of nitrogens with one attached hydrogen (secondary N) is 1. The quantitative estimate of drug-likeness (QED) is 0.662. The third kappa shape index (κ3) is 1.56. The molecule has 0 saturated heterocycles. The Labute approximate surface area is 76.5 Å². The van der Waals surface area contributed by atoms with Crippen molar-refractivity contribution in [2.45, 2.75) is 31.2 Å². The third-order valence-corrected chi connectivity index (χ3v) is 2.26. The van der Waals surface area contributed by atoms with Crippen LogP contribution in [0.25, 0.3) is 0 Å². The maximum atomic E-state index is 5.85. The highest BCUT2D eigenvalue weighted by molar-refractivity contribution is 5.85. The Morgan fingerprint density at radius 3 is 2.75 bits per heavy atom. The molecule has 5 nitrogen and oxygen atoms in total. The van der Waals surface area contributed by atoms with E-state index >= 15 is 0 Å². The number of hydrogen-bond acceptors (Lipinski definition) is 4. The van der Waals surface area contributed by atoms with Gasteiger partial charge in [0.15, 0.2) is 5.82 Å². The van der Waals surface area contributed by atoms with Crippen molar-refractivity contribution in [3.63, 3.8) is 0 Å². The van der Waals surface area contributed by atoms with Crippen molar-refractivity contribution in [1.82, 2.24) is 20.6 Å².